The predicted molar refractivity (Wildman–Crippen MR) is 88.1 cm³/mol. The molecular formula is C17H20F3NO3S. The molecule has 1 aliphatic carbocycles. The zero-order chi connectivity index (χ0) is 18.5. The lowest BCUT2D eigenvalue weighted by Gasteiger charge is -2.27. The quantitative estimate of drug-likeness (QED) is 0.607. The Morgan fingerprint density at radius 2 is 1.96 bits per heavy atom. The molecule has 1 fully saturated rings. The Balaban J connectivity index is 1.97. The van der Waals surface area contributed by atoms with E-state index in [4.69, 9.17) is 4.74 Å². The van der Waals surface area contributed by atoms with Crippen molar-refractivity contribution in [1.82, 2.24) is 5.32 Å². The van der Waals surface area contributed by atoms with Crippen LogP contribution in [0.1, 0.15) is 38.2 Å². The highest BCUT2D eigenvalue weighted by molar-refractivity contribution is 8.00. The fourth-order valence-electron chi connectivity index (χ4n) is 2.84. The van der Waals surface area contributed by atoms with Crippen LogP contribution in [0.25, 0.3) is 0 Å². The first-order valence-corrected chi connectivity index (χ1v) is 9.04. The fraction of sp³-hybridized carbons (Fsp3) is 0.529. The zero-order valence-electron chi connectivity index (χ0n) is 13.8. The van der Waals surface area contributed by atoms with Gasteiger partial charge in [0.25, 0.3) is 0 Å². The third-order valence-corrected chi connectivity index (χ3v) is 5.03. The Kier molecular flexibility index (Phi) is 6.37. The molecule has 1 N–H and O–H groups in total. The van der Waals surface area contributed by atoms with E-state index in [0.717, 1.165) is 36.7 Å². The standard InChI is InChI=1S/C17H20F3NO3S/c1-2-24-15(23)16(8-3-4-9-16)21-14(22)11-25-13-7-5-6-12(10-13)17(18,19)20/h5-7,10H,2-4,8-9,11H2,1H3,(H,21,22). The number of alkyl halides is 3. The van der Waals surface area contributed by atoms with E-state index in [2.05, 4.69) is 5.32 Å². The molecule has 1 saturated carbocycles. The Labute approximate surface area is 148 Å². The van der Waals surface area contributed by atoms with Gasteiger partial charge in [0.05, 0.1) is 17.9 Å². The average Bonchev–Trinajstić information content (AvgIpc) is 3.02. The van der Waals surface area contributed by atoms with Crippen LogP contribution in [0.5, 0.6) is 0 Å². The first-order valence-electron chi connectivity index (χ1n) is 8.05. The van der Waals surface area contributed by atoms with E-state index in [1.165, 1.54) is 12.1 Å². The number of esters is 1. The van der Waals surface area contributed by atoms with E-state index in [1.54, 1.807) is 6.92 Å². The number of benzene rings is 1. The van der Waals surface area contributed by atoms with E-state index in [0.29, 0.717) is 17.7 Å². The first kappa shape index (κ1) is 19.6. The number of carbonyl (C=O) groups excluding carboxylic acids is 2. The van der Waals surface area contributed by atoms with Crippen LogP contribution in [0.4, 0.5) is 13.2 Å². The lowest BCUT2D eigenvalue weighted by Crippen LogP contribution is -2.53. The van der Waals surface area contributed by atoms with Crippen molar-refractivity contribution in [1.29, 1.82) is 0 Å². The van der Waals surface area contributed by atoms with Crippen molar-refractivity contribution in [3.8, 4) is 0 Å². The molecule has 2 rings (SSSR count). The van der Waals surface area contributed by atoms with E-state index in [-0.39, 0.29) is 12.4 Å². The number of thioether (sulfide) groups is 1. The van der Waals surface area contributed by atoms with Crippen LogP contribution >= 0.6 is 11.8 Å². The van der Waals surface area contributed by atoms with Gasteiger partial charge in [0.1, 0.15) is 5.54 Å². The highest BCUT2D eigenvalue weighted by atomic mass is 32.2. The summed E-state index contributed by atoms with van der Waals surface area (Å²) in [5.41, 5.74) is -1.75. The number of amides is 1. The third-order valence-electron chi connectivity index (χ3n) is 4.03. The summed E-state index contributed by atoms with van der Waals surface area (Å²) in [6.45, 7) is 1.93. The number of hydrogen-bond acceptors (Lipinski definition) is 4. The van der Waals surface area contributed by atoms with Gasteiger partial charge in [-0.1, -0.05) is 18.9 Å². The lowest BCUT2D eigenvalue weighted by atomic mass is 9.98. The van der Waals surface area contributed by atoms with Crippen LogP contribution in [0.2, 0.25) is 0 Å². The van der Waals surface area contributed by atoms with Crippen LogP contribution < -0.4 is 5.32 Å². The molecule has 0 radical (unpaired) electrons. The number of hydrogen-bond donors (Lipinski definition) is 1. The molecule has 0 aromatic heterocycles. The molecule has 0 spiro atoms. The molecule has 138 valence electrons. The normalized spacial score (nSPS) is 16.5. The minimum absolute atomic E-state index is 0.0670. The van der Waals surface area contributed by atoms with Crippen molar-refractivity contribution in [3.63, 3.8) is 0 Å². The highest BCUT2D eigenvalue weighted by Gasteiger charge is 2.43. The van der Waals surface area contributed by atoms with Gasteiger partial charge >= 0.3 is 12.1 Å². The summed E-state index contributed by atoms with van der Waals surface area (Å²) >= 11 is 1.00. The molecule has 25 heavy (non-hydrogen) atoms. The molecular weight excluding hydrogens is 355 g/mol. The van der Waals surface area contributed by atoms with E-state index in [1.807, 2.05) is 0 Å². The van der Waals surface area contributed by atoms with Crippen molar-refractivity contribution in [2.24, 2.45) is 0 Å². The molecule has 1 aromatic rings. The molecule has 1 aromatic carbocycles. The summed E-state index contributed by atoms with van der Waals surface area (Å²) < 4.78 is 43.2. The monoisotopic (exact) mass is 375 g/mol. The van der Waals surface area contributed by atoms with E-state index in [9.17, 15) is 22.8 Å². The van der Waals surface area contributed by atoms with Gasteiger partial charge in [-0.05, 0) is 38.0 Å². The Hall–Kier alpha value is -1.70. The Morgan fingerprint density at radius 3 is 2.56 bits per heavy atom. The Bertz CT molecular complexity index is 628. The molecule has 1 aliphatic rings. The molecule has 0 saturated heterocycles. The van der Waals surface area contributed by atoms with Gasteiger partial charge in [-0.3, -0.25) is 4.79 Å². The van der Waals surface area contributed by atoms with E-state index >= 15 is 0 Å². The third kappa shape index (κ3) is 5.14. The second-order valence-corrected chi connectivity index (χ2v) is 6.92. The summed E-state index contributed by atoms with van der Waals surface area (Å²) in [5.74, 6) is -0.898. The van der Waals surface area contributed by atoms with E-state index < -0.39 is 29.2 Å². The average molecular weight is 375 g/mol. The van der Waals surface area contributed by atoms with Crippen molar-refractivity contribution >= 4 is 23.6 Å². The lowest BCUT2D eigenvalue weighted by molar-refractivity contribution is -0.152. The molecule has 0 unspecified atom stereocenters. The van der Waals surface area contributed by atoms with Gasteiger partial charge < -0.3 is 10.1 Å². The summed E-state index contributed by atoms with van der Waals surface area (Å²) in [6, 6.07) is 4.82. The van der Waals surface area contributed by atoms with Gasteiger partial charge in [-0.15, -0.1) is 11.8 Å². The second kappa shape index (κ2) is 8.12. The smallest absolute Gasteiger partial charge is 0.416 e. The van der Waals surface area contributed by atoms with Crippen LogP contribution in [0, 0.1) is 0 Å². The van der Waals surface area contributed by atoms with Gasteiger partial charge in [-0.25, -0.2) is 4.79 Å². The highest BCUT2D eigenvalue weighted by Crippen LogP contribution is 2.33. The number of ether oxygens (including phenoxy) is 1. The van der Waals surface area contributed by atoms with Crippen LogP contribution in [0.3, 0.4) is 0 Å². The van der Waals surface area contributed by atoms with Crippen LogP contribution in [-0.2, 0) is 20.5 Å². The van der Waals surface area contributed by atoms with Crippen molar-refractivity contribution in [3.05, 3.63) is 29.8 Å². The number of nitrogens with one attached hydrogen (secondary N) is 1. The molecule has 4 nitrogen and oxygen atoms in total. The largest absolute Gasteiger partial charge is 0.464 e. The van der Waals surface area contributed by atoms with Crippen molar-refractivity contribution < 1.29 is 27.5 Å². The maximum atomic E-state index is 12.7. The number of rotatable bonds is 6. The van der Waals surface area contributed by atoms with Crippen LogP contribution in [0.15, 0.2) is 29.2 Å². The molecule has 1 amide bonds. The summed E-state index contributed by atoms with van der Waals surface area (Å²) in [7, 11) is 0. The molecule has 0 aliphatic heterocycles. The minimum Gasteiger partial charge on any atom is -0.464 e. The predicted octanol–water partition coefficient (Wildman–Crippen LogP) is 3.79. The maximum Gasteiger partial charge on any atom is 0.416 e. The molecule has 8 heteroatoms. The number of halogens is 3. The van der Waals surface area contributed by atoms with Gasteiger partial charge in [0, 0.05) is 4.90 Å². The van der Waals surface area contributed by atoms with Crippen LogP contribution in [-0.4, -0.2) is 29.8 Å². The van der Waals surface area contributed by atoms with Gasteiger partial charge in [0.2, 0.25) is 5.91 Å². The van der Waals surface area contributed by atoms with Gasteiger partial charge in [-0.2, -0.15) is 13.2 Å². The molecule has 0 bridgehead atoms. The topological polar surface area (TPSA) is 55.4 Å². The number of carbonyl (C=O) groups is 2. The molecule has 0 atom stereocenters. The van der Waals surface area contributed by atoms with Crippen molar-refractivity contribution in [2.45, 2.75) is 49.2 Å². The SMILES string of the molecule is CCOC(=O)C1(NC(=O)CSc2cccc(C(F)(F)F)c2)CCCC1. The molecule has 0 heterocycles. The Morgan fingerprint density at radius 1 is 1.28 bits per heavy atom. The summed E-state index contributed by atoms with van der Waals surface area (Å²) in [5, 5.41) is 2.74. The van der Waals surface area contributed by atoms with Crippen molar-refractivity contribution in [2.75, 3.05) is 12.4 Å². The fourth-order valence-corrected chi connectivity index (χ4v) is 3.60. The summed E-state index contributed by atoms with van der Waals surface area (Å²) in [4.78, 5) is 24.7. The zero-order valence-corrected chi connectivity index (χ0v) is 14.6. The summed E-state index contributed by atoms with van der Waals surface area (Å²) in [6.07, 6.45) is -1.74. The first-order chi connectivity index (χ1) is 11.8. The minimum atomic E-state index is -4.42. The second-order valence-electron chi connectivity index (χ2n) is 5.87. The maximum absolute atomic E-state index is 12.7. The van der Waals surface area contributed by atoms with Gasteiger partial charge in [0.15, 0.2) is 0 Å².